The van der Waals surface area contributed by atoms with Crippen molar-refractivity contribution >= 4 is 15.7 Å². The Hall–Kier alpha value is -1.75. The van der Waals surface area contributed by atoms with Crippen LogP contribution in [0, 0.1) is 16.0 Å². The third-order valence-electron chi connectivity index (χ3n) is 5.65. The van der Waals surface area contributed by atoms with Gasteiger partial charge in [0.25, 0.3) is 0 Å². The largest absolute Gasteiger partial charge is 0.484 e. The Kier molecular flexibility index (Phi) is 7.10. The van der Waals surface area contributed by atoms with E-state index < -0.39 is 26.7 Å². The van der Waals surface area contributed by atoms with E-state index in [4.69, 9.17) is 4.74 Å². The first-order chi connectivity index (χ1) is 13.8. The third kappa shape index (κ3) is 5.44. The van der Waals surface area contributed by atoms with Gasteiger partial charge in [-0.2, -0.15) is 4.31 Å². The van der Waals surface area contributed by atoms with Crippen molar-refractivity contribution in [3.63, 3.8) is 0 Å². The lowest BCUT2D eigenvalue weighted by Gasteiger charge is -2.29. The Bertz CT molecular complexity index is 825. The van der Waals surface area contributed by atoms with Crippen molar-refractivity contribution in [3.8, 4) is 5.75 Å². The van der Waals surface area contributed by atoms with Gasteiger partial charge in [0.15, 0.2) is 5.75 Å². The second-order valence-electron chi connectivity index (χ2n) is 8.12. The molecule has 2 saturated heterocycles. The first-order valence-corrected chi connectivity index (χ1v) is 11.6. The molecule has 29 heavy (non-hydrogen) atoms. The Morgan fingerprint density at radius 3 is 2.72 bits per heavy atom. The molecule has 2 N–H and O–H groups in total. The predicted molar refractivity (Wildman–Crippen MR) is 107 cm³/mol. The first kappa shape index (κ1) is 21.9. The molecule has 3 atom stereocenters. The minimum absolute atomic E-state index is 0.0311. The van der Waals surface area contributed by atoms with Gasteiger partial charge >= 0.3 is 5.69 Å². The zero-order valence-electron chi connectivity index (χ0n) is 16.7. The van der Waals surface area contributed by atoms with E-state index in [1.807, 2.05) is 0 Å². The number of quaternary nitrogens is 1. The smallest absolute Gasteiger partial charge is 0.312 e. The summed E-state index contributed by atoms with van der Waals surface area (Å²) in [4.78, 5) is 12.0. The number of aliphatic hydroxyl groups is 1. The van der Waals surface area contributed by atoms with E-state index in [9.17, 15) is 23.6 Å². The SMILES string of the molecule is C[C@H]1CCC[NH+](C[C@H](O)COc2ccc(S(=O)(=O)N3CCCC3)cc2[N+](=O)[O-])C1. The number of nitrogens with one attached hydrogen (secondary N) is 1. The average Bonchev–Trinajstić information content (AvgIpc) is 3.22. The summed E-state index contributed by atoms with van der Waals surface area (Å²) >= 11 is 0. The van der Waals surface area contributed by atoms with Crippen LogP contribution in [0.4, 0.5) is 5.69 Å². The molecule has 10 heteroatoms. The topological polar surface area (TPSA) is 114 Å². The summed E-state index contributed by atoms with van der Waals surface area (Å²) in [5.74, 6) is 0.592. The van der Waals surface area contributed by atoms with E-state index in [0.717, 1.165) is 38.4 Å². The number of benzene rings is 1. The predicted octanol–water partition coefficient (Wildman–Crippen LogP) is 0.434. The molecule has 0 amide bonds. The highest BCUT2D eigenvalue weighted by Gasteiger charge is 2.30. The number of nitro benzene ring substituents is 1. The summed E-state index contributed by atoms with van der Waals surface area (Å²) in [5, 5.41) is 21.8. The molecular formula is C19H30N3O6S+. The first-order valence-electron chi connectivity index (χ1n) is 10.2. The number of ether oxygens (including phenoxy) is 1. The molecule has 2 aliphatic rings. The Balaban J connectivity index is 1.66. The van der Waals surface area contributed by atoms with Crippen molar-refractivity contribution in [1.29, 1.82) is 0 Å². The number of nitro groups is 1. The molecule has 0 aromatic heterocycles. The highest BCUT2D eigenvalue weighted by Crippen LogP contribution is 2.31. The molecule has 2 aliphatic heterocycles. The zero-order chi connectivity index (χ0) is 21.0. The van der Waals surface area contributed by atoms with Gasteiger partial charge < -0.3 is 14.7 Å². The van der Waals surface area contributed by atoms with Crippen LogP contribution in [-0.2, 0) is 10.0 Å². The van der Waals surface area contributed by atoms with Crippen LogP contribution in [-0.4, -0.2) is 68.2 Å². The van der Waals surface area contributed by atoms with E-state index >= 15 is 0 Å². The van der Waals surface area contributed by atoms with E-state index in [1.54, 1.807) is 0 Å². The van der Waals surface area contributed by atoms with Crippen molar-refractivity contribution in [1.82, 2.24) is 4.31 Å². The molecule has 1 aromatic carbocycles. The maximum absolute atomic E-state index is 12.7. The standard InChI is InChI=1S/C19H29N3O6S/c1-15-5-4-8-20(12-15)13-16(23)14-28-19-7-6-17(11-18(19)22(24)25)29(26,27)21-9-2-3-10-21/h6-7,11,15-16,23H,2-5,8-10,12-14H2,1H3/p+1/t15-,16-/m0/s1. The molecule has 0 saturated carbocycles. The zero-order valence-corrected chi connectivity index (χ0v) is 17.6. The summed E-state index contributed by atoms with van der Waals surface area (Å²) in [6.07, 6.45) is 3.16. The molecule has 162 valence electrons. The van der Waals surface area contributed by atoms with Crippen LogP contribution >= 0.6 is 0 Å². The molecule has 1 aromatic rings. The highest BCUT2D eigenvalue weighted by molar-refractivity contribution is 7.89. The van der Waals surface area contributed by atoms with Crippen molar-refractivity contribution in [2.24, 2.45) is 5.92 Å². The molecule has 2 heterocycles. The fraction of sp³-hybridized carbons (Fsp3) is 0.684. The van der Waals surface area contributed by atoms with Gasteiger partial charge in [-0.1, -0.05) is 6.92 Å². The highest BCUT2D eigenvalue weighted by atomic mass is 32.2. The summed E-state index contributed by atoms with van der Waals surface area (Å²) in [6, 6.07) is 3.69. The lowest BCUT2D eigenvalue weighted by Crippen LogP contribution is -3.14. The number of likely N-dealkylation sites (tertiary alicyclic amines) is 1. The van der Waals surface area contributed by atoms with Gasteiger partial charge in [0.1, 0.15) is 19.3 Å². The summed E-state index contributed by atoms with van der Waals surface area (Å²) in [6.45, 7) is 5.51. The van der Waals surface area contributed by atoms with Crippen LogP contribution in [0.5, 0.6) is 5.75 Å². The molecule has 3 rings (SSSR count). The van der Waals surface area contributed by atoms with Gasteiger partial charge in [0.05, 0.1) is 22.9 Å². The summed E-state index contributed by atoms with van der Waals surface area (Å²) in [7, 11) is -3.75. The summed E-state index contributed by atoms with van der Waals surface area (Å²) in [5.41, 5.74) is -0.406. The van der Waals surface area contributed by atoms with Crippen LogP contribution < -0.4 is 9.64 Å². The van der Waals surface area contributed by atoms with Gasteiger partial charge in [0, 0.05) is 25.1 Å². The quantitative estimate of drug-likeness (QED) is 0.459. The lowest BCUT2D eigenvalue weighted by molar-refractivity contribution is -0.911. The molecule has 0 spiro atoms. The fourth-order valence-electron chi connectivity index (χ4n) is 4.16. The van der Waals surface area contributed by atoms with Gasteiger partial charge in [-0.3, -0.25) is 10.1 Å². The molecule has 0 bridgehead atoms. The van der Waals surface area contributed by atoms with Gasteiger partial charge in [0.2, 0.25) is 10.0 Å². The van der Waals surface area contributed by atoms with E-state index in [2.05, 4.69) is 6.92 Å². The van der Waals surface area contributed by atoms with Gasteiger partial charge in [-0.25, -0.2) is 8.42 Å². The number of aliphatic hydroxyl groups excluding tert-OH is 1. The lowest BCUT2D eigenvalue weighted by atomic mass is 10.0. The van der Waals surface area contributed by atoms with Gasteiger partial charge in [-0.05, 0) is 37.8 Å². The van der Waals surface area contributed by atoms with Crippen molar-refractivity contribution in [3.05, 3.63) is 28.3 Å². The van der Waals surface area contributed by atoms with Crippen LogP contribution in [0.3, 0.4) is 0 Å². The van der Waals surface area contributed by atoms with Crippen LogP contribution in [0.25, 0.3) is 0 Å². The Morgan fingerprint density at radius 1 is 1.34 bits per heavy atom. The molecule has 9 nitrogen and oxygen atoms in total. The summed E-state index contributed by atoms with van der Waals surface area (Å²) < 4.78 is 32.2. The Labute approximate surface area is 171 Å². The van der Waals surface area contributed by atoms with E-state index in [1.165, 1.54) is 27.8 Å². The molecule has 0 radical (unpaired) electrons. The maximum Gasteiger partial charge on any atom is 0.312 e. The molecule has 2 fully saturated rings. The minimum atomic E-state index is -3.75. The second kappa shape index (κ2) is 9.38. The maximum atomic E-state index is 12.7. The van der Waals surface area contributed by atoms with Crippen molar-refractivity contribution in [2.45, 2.75) is 43.6 Å². The molecule has 0 aliphatic carbocycles. The number of sulfonamides is 1. The van der Waals surface area contributed by atoms with E-state index in [0.29, 0.717) is 25.6 Å². The average molecular weight is 429 g/mol. The second-order valence-corrected chi connectivity index (χ2v) is 10.1. The van der Waals surface area contributed by atoms with Crippen molar-refractivity contribution in [2.75, 3.05) is 39.3 Å². The normalized spacial score (nSPS) is 24.3. The number of hydrogen-bond donors (Lipinski definition) is 2. The molecule has 1 unspecified atom stereocenters. The number of piperidine rings is 1. The third-order valence-corrected chi connectivity index (χ3v) is 7.54. The van der Waals surface area contributed by atoms with E-state index in [-0.39, 0.29) is 17.3 Å². The van der Waals surface area contributed by atoms with Gasteiger partial charge in [-0.15, -0.1) is 0 Å². The van der Waals surface area contributed by atoms with Crippen LogP contribution in [0.15, 0.2) is 23.1 Å². The van der Waals surface area contributed by atoms with Crippen LogP contribution in [0.2, 0.25) is 0 Å². The molecular weight excluding hydrogens is 398 g/mol. The van der Waals surface area contributed by atoms with Crippen LogP contribution in [0.1, 0.15) is 32.6 Å². The monoisotopic (exact) mass is 428 g/mol. The fourth-order valence-corrected chi connectivity index (χ4v) is 5.70. The Morgan fingerprint density at radius 2 is 2.07 bits per heavy atom. The number of nitrogens with zero attached hydrogens (tertiary/aromatic N) is 2. The number of hydrogen-bond acceptors (Lipinski definition) is 6. The van der Waals surface area contributed by atoms with Crippen molar-refractivity contribution < 1.29 is 28.1 Å². The minimum Gasteiger partial charge on any atom is -0.484 e. The number of rotatable bonds is 8.